The summed E-state index contributed by atoms with van der Waals surface area (Å²) in [6.07, 6.45) is 4.65. The first-order chi connectivity index (χ1) is 13.1. The first kappa shape index (κ1) is 19.9. The highest BCUT2D eigenvalue weighted by Gasteiger charge is 2.27. The Hall–Kier alpha value is -1.85. The Labute approximate surface area is 169 Å². The van der Waals surface area contributed by atoms with E-state index >= 15 is 0 Å². The van der Waals surface area contributed by atoms with Crippen molar-refractivity contribution in [2.24, 2.45) is 0 Å². The largest absolute Gasteiger partial charge is 0.497 e. The van der Waals surface area contributed by atoms with Gasteiger partial charge in [0.05, 0.1) is 22.4 Å². The first-order valence-electron chi connectivity index (χ1n) is 9.30. The van der Waals surface area contributed by atoms with E-state index < -0.39 is 0 Å². The highest BCUT2D eigenvalue weighted by Crippen LogP contribution is 2.32. The first-order valence-corrected chi connectivity index (χ1v) is 10.5. The molecule has 1 aromatic heterocycles. The average Bonchev–Trinajstić information content (AvgIpc) is 2.98. The van der Waals surface area contributed by atoms with Crippen LogP contribution in [0.3, 0.4) is 0 Å². The molecule has 0 radical (unpaired) electrons. The van der Waals surface area contributed by atoms with E-state index in [0.717, 1.165) is 43.5 Å². The number of methoxy groups -OCH3 is 1. The van der Waals surface area contributed by atoms with Crippen molar-refractivity contribution in [1.29, 1.82) is 0 Å². The molecule has 0 spiro atoms. The zero-order valence-electron chi connectivity index (χ0n) is 15.4. The second-order valence-corrected chi connectivity index (χ2v) is 8.47. The predicted octanol–water partition coefficient (Wildman–Crippen LogP) is 5.52. The van der Waals surface area contributed by atoms with Crippen LogP contribution in [0.5, 0.6) is 5.75 Å². The van der Waals surface area contributed by atoms with Gasteiger partial charge in [-0.2, -0.15) is 0 Å². The van der Waals surface area contributed by atoms with E-state index in [1.165, 1.54) is 11.3 Å². The van der Waals surface area contributed by atoms with Gasteiger partial charge in [-0.15, -0.1) is 11.3 Å². The van der Waals surface area contributed by atoms with Crippen LogP contribution >= 0.6 is 22.9 Å². The van der Waals surface area contributed by atoms with Crippen LogP contribution in [0.2, 0.25) is 4.34 Å². The van der Waals surface area contributed by atoms with E-state index in [2.05, 4.69) is 0 Å². The number of likely N-dealkylation sites (tertiary alicyclic amines) is 1. The van der Waals surface area contributed by atoms with Crippen LogP contribution in [0.4, 0.5) is 0 Å². The molecule has 27 heavy (non-hydrogen) atoms. The molecular weight excluding hydrogens is 382 g/mol. The van der Waals surface area contributed by atoms with Gasteiger partial charge >= 0.3 is 0 Å². The Bertz CT molecular complexity index is 787. The SMILES string of the molecule is COc1ccc(C2CCCCCN2C(=O)CCC(=O)c2ccc(Cl)s2)cc1. The highest BCUT2D eigenvalue weighted by atomic mass is 35.5. The van der Waals surface area contributed by atoms with E-state index in [4.69, 9.17) is 16.3 Å². The quantitative estimate of drug-likeness (QED) is 0.594. The molecule has 0 N–H and O–H groups in total. The molecule has 2 aromatic rings. The van der Waals surface area contributed by atoms with Crippen molar-refractivity contribution in [1.82, 2.24) is 4.90 Å². The molecule has 6 heteroatoms. The number of carbonyl (C=O) groups is 2. The number of ketones is 1. The summed E-state index contributed by atoms with van der Waals surface area (Å²) in [6.45, 7) is 0.745. The van der Waals surface area contributed by atoms with Crippen LogP contribution in [0, 0.1) is 0 Å². The van der Waals surface area contributed by atoms with E-state index in [1.807, 2.05) is 29.2 Å². The summed E-state index contributed by atoms with van der Waals surface area (Å²) in [5.41, 5.74) is 1.13. The van der Waals surface area contributed by atoms with Gasteiger partial charge in [0, 0.05) is 19.4 Å². The molecule has 1 saturated heterocycles. The van der Waals surface area contributed by atoms with Crippen LogP contribution in [0.15, 0.2) is 36.4 Å². The van der Waals surface area contributed by atoms with Crippen LogP contribution < -0.4 is 4.74 Å². The summed E-state index contributed by atoms with van der Waals surface area (Å²) >= 11 is 7.16. The van der Waals surface area contributed by atoms with E-state index in [1.54, 1.807) is 19.2 Å². The second kappa shape index (κ2) is 9.38. The molecule has 0 saturated carbocycles. The molecule has 4 nitrogen and oxygen atoms in total. The van der Waals surface area contributed by atoms with E-state index in [0.29, 0.717) is 9.21 Å². The van der Waals surface area contributed by atoms with Gasteiger partial charge in [-0.1, -0.05) is 36.6 Å². The molecule has 1 atom stereocenters. The molecule has 1 aliphatic heterocycles. The molecule has 1 aliphatic rings. The third-order valence-electron chi connectivity index (χ3n) is 4.99. The molecule has 1 amide bonds. The zero-order chi connectivity index (χ0) is 19.2. The Morgan fingerprint density at radius 1 is 1.11 bits per heavy atom. The molecule has 3 rings (SSSR count). The summed E-state index contributed by atoms with van der Waals surface area (Å²) in [7, 11) is 1.65. The minimum Gasteiger partial charge on any atom is -0.497 e. The van der Waals surface area contributed by atoms with Crippen LogP contribution in [-0.4, -0.2) is 30.2 Å². The maximum Gasteiger partial charge on any atom is 0.223 e. The standard InChI is InChI=1S/C21H24ClNO3S/c1-26-16-8-6-15(7-9-16)17-5-3-2-4-14-23(17)21(25)13-10-18(24)19-11-12-20(22)27-19/h6-9,11-12,17H,2-5,10,13-14H2,1H3. The molecule has 1 unspecified atom stereocenters. The van der Waals surface area contributed by atoms with Gasteiger partial charge in [0.25, 0.3) is 0 Å². The molecular formula is C21H24ClNO3S. The lowest BCUT2D eigenvalue weighted by Gasteiger charge is -2.30. The molecule has 1 fully saturated rings. The number of benzene rings is 1. The maximum absolute atomic E-state index is 12.9. The van der Waals surface area contributed by atoms with Gasteiger partial charge in [-0.25, -0.2) is 0 Å². The third-order valence-corrected chi connectivity index (χ3v) is 6.26. The van der Waals surface area contributed by atoms with Crippen molar-refractivity contribution < 1.29 is 14.3 Å². The number of hydrogen-bond donors (Lipinski definition) is 0. The predicted molar refractivity (Wildman–Crippen MR) is 109 cm³/mol. The zero-order valence-corrected chi connectivity index (χ0v) is 17.0. The Kier molecular flexibility index (Phi) is 6.91. The van der Waals surface area contributed by atoms with E-state index in [9.17, 15) is 9.59 Å². The minimum absolute atomic E-state index is 0.0175. The van der Waals surface area contributed by atoms with Gasteiger partial charge in [0.15, 0.2) is 5.78 Å². The number of thiophene rings is 1. The lowest BCUT2D eigenvalue weighted by Crippen LogP contribution is -2.35. The minimum atomic E-state index is -0.0175. The highest BCUT2D eigenvalue weighted by molar-refractivity contribution is 7.18. The number of ether oxygens (including phenoxy) is 1. The number of hydrogen-bond acceptors (Lipinski definition) is 4. The van der Waals surface area contributed by atoms with Gasteiger partial charge < -0.3 is 9.64 Å². The fraction of sp³-hybridized carbons (Fsp3) is 0.429. The van der Waals surface area contributed by atoms with Gasteiger partial charge in [0.1, 0.15) is 5.75 Å². The van der Waals surface area contributed by atoms with Gasteiger partial charge in [-0.3, -0.25) is 9.59 Å². The van der Waals surface area contributed by atoms with Crippen LogP contribution in [0.1, 0.15) is 59.8 Å². The maximum atomic E-state index is 12.9. The molecule has 2 heterocycles. The fourth-order valence-electron chi connectivity index (χ4n) is 3.53. The summed E-state index contributed by atoms with van der Waals surface area (Å²) in [6, 6.07) is 11.5. The van der Waals surface area contributed by atoms with Crippen molar-refractivity contribution in [2.45, 2.75) is 44.6 Å². The van der Waals surface area contributed by atoms with E-state index in [-0.39, 0.29) is 30.6 Å². The smallest absolute Gasteiger partial charge is 0.223 e. The van der Waals surface area contributed by atoms with Crippen molar-refractivity contribution in [3.05, 3.63) is 51.2 Å². The lowest BCUT2D eigenvalue weighted by molar-refractivity contribution is -0.133. The van der Waals surface area contributed by atoms with Crippen molar-refractivity contribution in [3.63, 3.8) is 0 Å². The van der Waals surface area contributed by atoms with Crippen molar-refractivity contribution in [3.8, 4) is 5.75 Å². The van der Waals surface area contributed by atoms with Gasteiger partial charge in [0.2, 0.25) is 5.91 Å². The Morgan fingerprint density at radius 3 is 2.56 bits per heavy atom. The lowest BCUT2D eigenvalue weighted by atomic mass is 10.00. The fourth-order valence-corrected chi connectivity index (χ4v) is 4.54. The summed E-state index contributed by atoms with van der Waals surface area (Å²) < 4.78 is 5.83. The number of Topliss-reactive ketones (excluding diaryl/α,β-unsaturated/α-hetero) is 1. The average molecular weight is 406 g/mol. The topological polar surface area (TPSA) is 46.6 Å². The summed E-state index contributed by atoms with van der Waals surface area (Å²) in [5.74, 6) is 0.843. The second-order valence-electron chi connectivity index (χ2n) is 6.75. The van der Waals surface area contributed by atoms with Crippen LogP contribution in [0.25, 0.3) is 0 Å². The normalized spacial score (nSPS) is 17.4. The number of nitrogens with zero attached hydrogens (tertiary/aromatic N) is 1. The monoisotopic (exact) mass is 405 g/mol. The van der Waals surface area contributed by atoms with Crippen LogP contribution in [-0.2, 0) is 4.79 Å². The molecule has 1 aromatic carbocycles. The Morgan fingerprint density at radius 2 is 1.89 bits per heavy atom. The molecule has 144 valence electrons. The third kappa shape index (κ3) is 5.11. The Balaban J connectivity index is 1.68. The number of halogens is 1. The summed E-state index contributed by atoms with van der Waals surface area (Å²) in [4.78, 5) is 27.8. The van der Waals surface area contributed by atoms with Crippen molar-refractivity contribution >= 4 is 34.6 Å². The summed E-state index contributed by atoms with van der Waals surface area (Å²) in [5, 5.41) is 0. The van der Waals surface area contributed by atoms with Crippen molar-refractivity contribution in [2.75, 3.05) is 13.7 Å². The number of rotatable bonds is 6. The number of carbonyl (C=O) groups excluding carboxylic acids is 2. The molecule has 0 bridgehead atoms. The van der Waals surface area contributed by atoms with Gasteiger partial charge in [-0.05, 0) is 42.7 Å². The molecule has 0 aliphatic carbocycles. The number of amides is 1.